The Bertz CT molecular complexity index is 1470. The van der Waals surface area contributed by atoms with Crippen LogP contribution in [0.5, 0.6) is 0 Å². The van der Waals surface area contributed by atoms with E-state index in [4.69, 9.17) is 9.97 Å². The monoisotopic (exact) mass is 420 g/mol. The van der Waals surface area contributed by atoms with Crippen LogP contribution in [-0.4, -0.2) is 9.97 Å². The van der Waals surface area contributed by atoms with E-state index in [1.54, 1.807) is 0 Å². The standard InChI is InChI=1S/C28H24N2S/c1-28(2,3)21-16-19(15-18-7-4-5-9-20(18)21)27-25-23(12-14-30-27)31-22-11-10-17-8-6-13-29-26(17)24(22)25/h4-9,12-16H,10-11H2,1-3H3. The van der Waals surface area contributed by atoms with Crippen LogP contribution in [0, 0.1) is 0 Å². The van der Waals surface area contributed by atoms with Crippen molar-refractivity contribution in [1.82, 2.24) is 9.97 Å². The second kappa shape index (κ2) is 6.73. The molecule has 5 aromatic rings. The highest BCUT2D eigenvalue weighted by molar-refractivity contribution is 7.19. The van der Waals surface area contributed by atoms with Gasteiger partial charge in [-0.05, 0) is 64.4 Å². The Balaban J connectivity index is 1.69. The second-order valence-corrected chi connectivity index (χ2v) is 10.6. The summed E-state index contributed by atoms with van der Waals surface area (Å²) in [5, 5.41) is 3.86. The van der Waals surface area contributed by atoms with Crippen molar-refractivity contribution < 1.29 is 0 Å². The lowest BCUT2D eigenvalue weighted by Crippen LogP contribution is -2.12. The molecule has 3 aromatic heterocycles. The number of nitrogens with zero attached hydrogens (tertiary/aromatic N) is 2. The number of pyridine rings is 2. The van der Waals surface area contributed by atoms with Gasteiger partial charge in [0.25, 0.3) is 0 Å². The quantitative estimate of drug-likeness (QED) is 0.279. The average molecular weight is 421 g/mol. The van der Waals surface area contributed by atoms with Crippen LogP contribution in [-0.2, 0) is 18.3 Å². The Hall–Kier alpha value is -3.04. The lowest BCUT2D eigenvalue weighted by atomic mass is 9.82. The predicted molar refractivity (Wildman–Crippen MR) is 132 cm³/mol. The Morgan fingerprint density at radius 2 is 1.68 bits per heavy atom. The molecule has 0 radical (unpaired) electrons. The molecule has 1 aliphatic rings. The molecule has 0 aliphatic heterocycles. The fourth-order valence-electron chi connectivity index (χ4n) is 4.92. The zero-order chi connectivity index (χ0) is 21.2. The third kappa shape index (κ3) is 2.91. The number of hydrogen-bond donors (Lipinski definition) is 0. The summed E-state index contributed by atoms with van der Waals surface area (Å²) in [6.07, 6.45) is 6.03. The lowest BCUT2D eigenvalue weighted by Gasteiger charge is -2.23. The van der Waals surface area contributed by atoms with Gasteiger partial charge in [-0.25, -0.2) is 0 Å². The molecule has 2 aromatic carbocycles. The maximum absolute atomic E-state index is 4.94. The van der Waals surface area contributed by atoms with E-state index in [0.717, 1.165) is 24.2 Å². The summed E-state index contributed by atoms with van der Waals surface area (Å²) >= 11 is 1.91. The maximum atomic E-state index is 4.94. The molecule has 0 fully saturated rings. The first-order chi connectivity index (χ1) is 15.0. The number of rotatable bonds is 1. The molecule has 6 rings (SSSR count). The largest absolute Gasteiger partial charge is 0.256 e. The smallest absolute Gasteiger partial charge is 0.0796 e. The van der Waals surface area contributed by atoms with Crippen molar-refractivity contribution in [2.45, 2.75) is 39.0 Å². The lowest BCUT2D eigenvalue weighted by molar-refractivity contribution is 0.596. The van der Waals surface area contributed by atoms with E-state index in [9.17, 15) is 0 Å². The molecule has 0 spiro atoms. The summed E-state index contributed by atoms with van der Waals surface area (Å²) in [6, 6.07) is 19.8. The summed E-state index contributed by atoms with van der Waals surface area (Å²) in [4.78, 5) is 11.2. The highest BCUT2D eigenvalue weighted by atomic mass is 32.1. The van der Waals surface area contributed by atoms with E-state index in [-0.39, 0.29) is 5.41 Å². The molecule has 31 heavy (non-hydrogen) atoms. The van der Waals surface area contributed by atoms with Gasteiger partial charge in [0.2, 0.25) is 0 Å². The van der Waals surface area contributed by atoms with Crippen molar-refractivity contribution in [3.05, 3.63) is 83.0 Å². The van der Waals surface area contributed by atoms with Crippen LogP contribution in [0.3, 0.4) is 0 Å². The Morgan fingerprint density at radius 1 is 0.839 bits per heavy atom. The van der Waals surface area contributed by atoms with Gasteiger partial charge in [-0.2, -0.15) is 0 Å². The van der Waals surface area contributed by atoms with Crippen LogP contribution < -0.4 is 0 Å². The zero-order valence-electron chi connectivity index (χ0n) is 18.1. The first-order valence-corrected chi connectivity index (χ1v) is 11.7. The topological polar surface area (TPSA) is 25.8 Å². The van der Waals surface area contributed by atoms with E-state index in [2.05, 4.69) is 75.4 Å². The normalized spacial score (nSPS) is 13.4. The van der Waals surface area contributed by atoms with Crippen molar-refractivity contribution in [1.29, 1.82) is 0 Å². The highest BCUT2D eigenvalue weighted by Gasteiger charge is 2.26. The van der Waals surface area contributed by atoms with Gasteiger partial charge in [0.15, 0.2) is 0 Å². The van der Waals surface area contributed by atoms with Gasteiger partial charge in [-0.15, -0.1) is 11.3 Å². The van der Waals surface area contributed by atoms with Crippen molar-refractivity contribution in [2.24, 2.45) is 0 Å². The number of aryl methyl sites for hydroxylation is 2. The molecule has 0 atom stereocenters. The first kappa shape index (κ1) is 18.7. The summed E-state index contributed by atoms with van der Waals surface area (Å²) in [5.74, 6) is 0. The van der Waals surface area contributed by atoms with Crippen molar-refractivity contribution in [3.63, 3.8) is 0 Å². The van der Waals surface area contributed by atoms with Gasteiger partial charge in [0, 0.05) is 38.5 Å². The molecular weight excluding hydrogens is 396 g/mol. The van der Waals surface area contributed by atoms with Gasteiger partial charge in [0.05, 0.1) is 11.4 Å². The van der Waals surface area contributed by atoms with Gasteiger partial charge in [-0.3, -0.25) is 9.97 Å². The summed E-state index contributed by atoms with van der Waals surface area (Å²) in [6.45, 7) is 6.87. The number of aromatic nitrogens is 2. The minimum absolute atomic E-state index is 0.0474. The Kier molecular flexibility index (Phi) is 4.06. The molecule has 0 amide bonds. The van der Waals surface area contributed by atoms with Gasteiger partial charge < -0.3 is 0 Å². The van der Waals surface area contributed by atoms with E-state index in [1.807, 2.05) is 23.7 Å². The van der Waals surface area contributed by atoms with Gasteiger partial charge in [0.1, 0.15) is 0 Å². The van der Waals surface area contributed by atoms with Crippen molar-refractivity contribution in [2.75, 3.05) is 0 Å². The Morgan fingerprint density at radius 3 is 2.55 bits per heavy atom. The van der Waals surface area contributed by atoms with E-state index < -0.39 is 0 Å². The minimum atomic E-state index is 0.0474. The van der Waals surface area contributed by atoms with Crippen LogP contribution in [0.2, 0.25) is 0 Å². The van der Waals surface area contributed by atoms with Crippen LogP contribution in [0.4, 0.5) is 0 Å². The fourth-order valence-corrected chi connectivity index (χ4v) is 6.12. The SMILES string of the molecule is CC(C)(C)c1cc(-c2nccc3sc4c(c23)-c2ncccc2CC4)cc2ccccc12. The van der Waals surface area contributed by atoms with E-state index in [0.29, 0.717) is 0 Å². The number of benzene rings is 2. The molecule has 0 saturated heterocycles. The minimum Gasteiger partial charge on any atom is -0.256 e. The Labute approximate surface area is 186 Å². The molecule has 2 nitrogen and oxygen atoms in total. The second-order valence-electron chi connectivity index (χ2n) is 9.44. The molecule has 0 N–H and O–H groups in total. The fraction of sp³-hybridized carbons (Fsp3) is 0.214. The van der Waals surface area contributed by atoms with Gasteiger partial charge in [-0.1, -0.05) is 51.1 Å². The van der Waals surface area contributed by atoms with Crippen LogP contribution in [0.15, 0.2) is 67.0 Å². The van der Waals surface area contributed by atoms with Crippen LogP contribution in [0.25, 0.3) is 43.4 Å². The molecule has 1 aliphatic carbocycles. The number of hydrogen-bond acceptors (Lipinski definition) is 3. The number of fused-ring (bicyclic) bond motifs is 6. The van der Waals surface area contributed by atoms with Gasteiger partial charge >= 0.3 is 0 Å². The van der Waals surface area contributed by atoms with Crippen molar-refractivity contribution in [3.8, 4) is 22.5 Å². The predicted octanol–water partition coefficient (Wildman–Crippen LogP) is 7.57. The first-order valence-electron chi connectivity index (χ1n) is 10.9. The molecule has 0 unspecified atom stereocenters. The molecule has 3 heterocycles. The van der Waals surface area contributed by atoms with E-state index in [1.165, 1.54) is 48.0 Å². The third-order valence-corrected chi connectivity index (χ3v) is 7.58. The summed E-state index contributed by atoms with van der Waals surface area (Å²) < 4.78 is 1.30. The summed E-state index contributed by atoms with van der Waals surface area (Å²) in [5.41, 5.74) is 7.46. The molecule has 3 heteroatoms. The zero-order valence-corrected chi connectivity index (χ0v) is 18.9. The van der Waals surface area contributed by atoms with Crippen LogP contribution in [0.1, 0.15) is 36.8 Å². The molecule has 152 valence electrons. The maximum Gasteiger partial charge on any atom is 0.0796 e. The molecular formula is C28H24N2S. The summed E-state index contributed by atoms with van der Waals surface area (Å²) in [7, 11) is 0. The van der Waals surface area contributed by atoms with Crippen molar-refractivity contribution >= 4 is 32.2 Å². The average Bonchev–Trinajstić information content (AvgIpc) is 3.17. The highest BCUT2D eigenvalue weighted by Crippen LogP contribution is 2.46. The van der Waals surface area contributed by atoms with Crippen LogP contribution >= 0.6 is 11.3 Å². The molecule has 0 saturated carbocycles. The van der Waals surface area contributed by atoms with E-state index >= 15 is 0 Å². The third-order valence-electron chi connectivity index (χ3n) is 6.37. The number of thiophene rings is 1. The molecule has 0 bridgehead atoms.